The molecule has 0 atom stereocenters. The van der Waals surface area contributed by atoms with Gasteiger partial charge in [0.25, 0.3) is 0 Å². The van der Waals surface area contributed by atoms with Gasteiger partial charge in [-0.05, 0) is 24.6 Å². The average Bonchev–Trinajstić information content (AvgIpc) is 2.17. The van der Waals surface area contributed by atoms with Crippen molar-refractivity contribution in [3.05, 3.63) is 29.3 Å². The molecule has 98 valence electrons. The molecule has 1 aromatic carbocycles. The maximum atomic E-state index is 11.6. The molecule has 1 rings (SSSR count). The maximum Gasteiger partial charge on any atom is 0.247 e. The number of hydrogen-bond donors (Lipinski definition) is 1. The number of nitrogens with zero attached hydrogens (tertiary/aromatic N) is 1. The molecule has 0 aliphatic heterocycles. The van der Waals surface area contributed by atoms with Crippen LogP contribution in [0.2, 0.25) is 0 Å². The van der Waals surface area contributed by atoms with Crippen molar-refractivity contribution in [2.24, 2.45) is 0 Å². The summed E-state index contributed by atoms with van der Waals surface area (Å²) in [5, 5.41) is 7.72. The number of anilines is 1. The van der Waals surface area contributed by atoms with E-state index in [0.29, 0.717) is 5.56 Å². The lowest BCUT2D eigenvalue weighted by atomic mass is 10.1. The van der Waals surface area contributed by atoms with Gasteiger partial charge in [0.1, 0.15) is 0 Å². The molecule has 18 heavy (non-hydrogen) atoms. The number of rotatable bonds is 4. The zero-order chi connectivity index (χ0) is 14.0. The topological polar surface area (TPSA) is 104 Å². The van der Waals surface area contributed by atoms with Gasteiger partial charge in [0.2, 0.25) is 10.0 Å². The Labute approximate surface area is 106 Å². The summed E-state index contributed by atoms with van der Waals surface area (Å²) in [6, 6.07) is 6.36. The van der Waals surface area contributed by atoms with E-state index in [0.717, 1.165) is 6.26 Å². The summed E-state index contributed by atoms with van der Waals surface area (Å²) >= 11 is 0. The van der Waals surface area contributed by atoms with Crippen LogP contribution in [0.25, 0.3) is 0 Å². The lowest BCUT2D eigenvalue weighted by Crippen LogP contribution is -2.22. The number of hydrogen-bond acceptors (Lipinski definition) is 5. The number of sulfone groups is 1. The van der Waals surface area contributed by atoms with E-state index in [9.17, 15) is 16.8 Å². The molecular formula is C10H12N2O4S2. The van der Waals surface area contributed by atoms with Crippen LogP contribution in [0.4, 0.5) is 5.69 Å². The first kappa shape index (κ1) is 14.5. The van der Waals surface area contributed by atoms with Crippen molar-refractivity contribution < 1.29 is 16.8 Å². The fourth-order valence-electron chi connectivity index (χ4n) is 1.28. The van der Waals surface area contributed by atoms with Crippen molar-refractivity contribution in [3.8, 4) is 6.07 Å². The third-order valence-electron chi connectivity index (χ3n) is 2.00. The maximum absolute atomic E-state index is 11.6. The lowest BCUT2D eigenvalue weighted by molar-refractivity contribution is 0.595. The molecule has 1 aromatic rings. The summed E-state index contributed by atoms with van der Waals surface area (Å²) in [5.74, 6) is 0. The molecule has 0 saturated carbocycles. The molecule has 0 spiro atoms. The number of aryl methyl sites for hydroxylation is 1. The Hall–Kier alpha value is -1.59. The van der Waals surface area contributed by atoms with Crippen LogP contribution in [0, 0.1) is 18.3 Å². The quantitative estimate of drug-likeness (QED) is 0.874. The van der Waals surface area contributed by atoms with E-state index in [-0.39, 0.29) is 11.3 Å². The second-order valence-electron chi connectivity index (χ2n) is 3.90. The minimum absolute atomic E-state index is 0.206. The van der Waals surface area contributed by atoms with Gasteiger partial charge in [-0.3, -0.25) is 4.72 Å². The minimum Gasteiger partial charge on any atom is -0.282 e. The van der Waals surface area contributed by atoms with E-state index in [1.165, 1.54) is 6.07 Å². The Kier molecular flexibility index (Phi) is 3.98. The lowest BCUT2D eigenvalue weighted by Gasteiger charge is -2.09. The normalized spacial score (nSPS) is 11.8. The van der Waals surface area contributed by atoms with Crippen molar-refractivity contribution >= 4 is 25.5 Å². The van der Waals surface area contributed by atoms with Gasteiger partial charge in [-0.1, -0.05) is 6.07 Å². The van der Waals surface area contributed by atoms with Crippen molar-refractivity contribution in [2.45, 2.75) is 6.92 Å². The molecule has 0 unspecified atom stereocenters. The van der Waals surface area contributed by atoms with E-state index in [1.54, 1.807) is 19.1 Å². The standard InChI is InChI=1S/C10H12N2O4S2/c1-8-3-4-9(6-11)5-10(8)12-18(15,16)7-17(2,13)14/h3-5,12H,7H2,1-2H3. The van der Waals surface area contributed by atoms with Crippen LogP contribution in [0.5, 0.6) is 0 Å². The van der Waals surface area contributed by atoms with Gasteiger partial charge in [0.05, 0.1) is 17.3 Å². The largest absolute Gasteiger partial charge is 0.282 e. The van der Waals surface area contributed by atoms with Crippen LogP contribution in [0.15, 0.2) is 18.2 Å². The minimum atomic E-state index is -3.99. The third kappa shape index (κ3) is 4.35. The number of sulfonamides is 1. The first-order valence-corrected chi connectivity index (χ1v) is 8.53. The summed E-state index contributed by atoms with van der Waals surface area (Å²) in [7, 11) is -7.63. The summed E-state index contributed by atoms with van der Waals surface area (Å²) in [6.07, 6.45) is 0.838. The fourth-order valence-corrected chi connectivity index (χ4v) is 4.33. The van der Waals surface area contributed by atoms with Crippen LogP contribution in [0.1, 0.15) is 11.1 Å². The first-order valence-electron chi connectivity index (χ1n) is 4.82. The molecule has 6 nitrogen and oxygen atoms in total. The second-order valence-corrected chi connectivity index (χ2v) is 8.13. The van der Waals surface area contributed by atoms with Gasteiger partial charge in [0, 0.05) is 6.26 Å². The van der Waals surface area contributed by atoms with Crippen molar-refractivity contribution in [1.82, 2.24) is 0 Å². The first-order chi connectivity index (χ1) is 8.13. The fraction of sp³-hybridized carbons (Fsp3) is 0.300. The molecule has 8 heteroatoms. The number of nitriles is 1. The van der Waals surface area contributed by atoms with E-state index in [4.69, 9.17) is 5.26 Å². The van der Waals surface area contributed by atoms with Crippen LogP contribution in [0.3, 0.4) is 0 Å². The SMILES string of the molecule is Cc1ccc(C#N)cc1NS(=O)(=O)CS(C)(=O)=O. The zero-order valence-corrected chi connectivity index (χ0v) is 11.5. The Bertz CT molecular complexity index is 700. The average molecular weight is 288 g/mol. The molecule has 0 fully saturated rings. The number of nitrogens with one attached hydrogen (secondary N) is 1. The van der Waals surface area contributed by atoms with E-state index < -0.39 is 24.9 Å². The Morgan fingerprint density at radius 1 is 1.28 bits per heavy atom. The molecule has 0 aliphatic rings. The highest BCUT2D eigenvalue weighted by Crippen LogP contribution is 2.18. The third-order valence-corrected chi connectivity index (χ3v) is 5.49. The highest BCUT2D eigenvalue weighted by atomic mass is 32.3. The van der Waals surface area contributed by atoms with Gasteiger partial charge in [-0.25, -0.2) is 16.8 Å². The monoisotopic (exact) mass is 288 g/mol. The van der Waals surface area contributed by atoms with Crippen LogP contribution >= 0.6 is 0 Å². The van der Waals surface area contributed by atoms with E-state index >= 15 is 0 Å². The summed E-state index contributed by atoms with van der Waals surface area (Å²) in [5.41, 5.74) is 1.10. The van der Waals surface area contributed by atoms with Gasteiger partial charge in [-0.2, -0.15) is 5.26 Å². The summed E-state index contributed by atoms with van der Waals surface area (Å²) in [6.45, 7) is 1.65. The molecule has 0 amide bonds. The molecule has 0 radical (unpaired) electrons. The molecule has 0 bridgehead atoms. The highest BCUT2D eigenvalue weighted by Gasteiger charge is 2.18. The molecule has 0 aromatic heterocycles. The molecular weight excluding hydrogens is 276 g/mol. The highest BCUT2D eigenvalue weighted by molar-refractivity contribution is 8.08. The van der Waals surface area contributed by atoms with Gasteiger partial charge >= 0.3 is 0 Å². The molecule has 0 heterocycles. The van der Waals surface area contributed by atoms with Crippen LogP contribution < -0.4 is 4.72 Å². The van der Waals surface area contributed by atoms with Crippen LogP contribution in [-0.2, 0) is 19.9 Å². The Morgan fingerprint density at radius 2 is 1.89 bits per heavy atom. The van der Waals surface area contributed by atoms with Crippen molar-refractivity contribution in [1.29, 1.82) is 5.26 Å². The van der Waals surface area contributed by atoms with Crippen molar-refractivity contribution in [3.63, 3.8) is 0 Å². The van der Waals surface area contributed by atoms with Gasteiger partial charge in [-0.15, -0.1) is 0 Å². The van der Waals surface area contributed by atoms with Crippen LogP contribution in [-0.4, -0.2) is 28.2 Å². The van der Waals surface area contributed by atoms with Gasteiger partial charge in [0.15, 0.2) is 14.9 Å². The molecule has 0 aliphatic carbocycles. The predicted molar refractivity (Wildman–Crippen MR) is 68.1 cm³/mol. The van der Waals surface area contributed by atoms with E-state index in [1.807, 2.05) is 6.07 Å². The molecule has 1 N–H and O–H groups in total. The Balaban J connectivity index is 3.09. The summed E-state index contributed by atoms with van der Waals surface area (Å²) in [4.78, 5) is 0. The van der Waals surface area contributed by atoms with E-state index in [2.05, 4.69) is 4.72 Å². The second kappa shape index (κ2) is 4.96. The number of benzene rings is 1. The Morgan fingerprint density at radius 3 is 2.39 bits per heavy atom. The van der Waals surface area contributed by atoms with Crippen molar-refractivity contribution in [2.75, 3.05) is 16.1 Å². The smallest absolute Gasteiger partial charge is 0.247 e. The predicted octanol–water partition coefficient (Wildman–Crippen LogP) is 0.611. The summed E-state index contributed by atoms with van der Waals surface area (Å²) < 4.78 is 47.3. The zero-order valence-electron chi connectivity index (χ0n) is 9.84. The van der Waals surface area contributed by atoms with Gasteiger partial charge < -0.3 is 0 Å². The molecule has 0 saturated heterocycles.